The number of aromatic nitrogens is 2. The number of anilines is 2. The van der Waals surface area contributed by atoms with Gasteiger partial charge in [-0.2, -0.15) is 0 Å². The molecule has 2 N–H and O–H groups in total. The Hall–Kier alpha value is -2.25. The van der Waals surface area contributed by atoms with Gasteiger partial charge in [-0.15, -0.1) is 11.3 Å². The first-order chi connectivity index (χ1) is 12.4. The number of halogens is 1. The van der Waals surface area contributed by atoms with Gasteiger partial charge in [0.05, 0.1) is 14.2 Å². The van der Waals surface area contributed by atoms with Gasteiger partial charge >= 0.3 is 5.97 Å². The Kier molecular flexibility index (Phi) is 5.38. The molecule has 0 radical (unpaired) electrons. The number of carboxylic acids is 1. The fraction of sp³-hybridized carbons (Fsp3) is 0.211. The molecule has 5 nitrogen and oxygen atoms in total. The molecule has 0 bridgehead atoms. The molecule has 0 unspecified atom stereocenters. The fourth-order valence-electron chi connectivity index (χ4n) is 2.64. The molecule has 0 aliphatic heterocycles. The minimum absolute atomic E-state index is 0.254. The largest absolute Gasteiger partial charge is 0.478 e. The minimum atomic E-state index is -0.940. The summed E-state index contributed by atoms with van der Waals surface area (Å²) in [5.41, 5.74) is 4.18. The summed E-state index contributed by atoms with van der Waals surface area (Å²) >= 11 is 5.16. The maximum Gasteiger partial charge on any atom is 0.335 e. The molecule has 3 aromatic rings. The molecule has 2 heterocycles. The summed E-state index contributed by atoms with van der Waals surface area (Å²) in [4.78, 5) is 21.4. The Labute approximate surface area is 164 Å². The third-order valence-corrected chi connectivity index (χ3v) is 6.17. The monoisotopic (exact) mass is 431 g/mol. The zero-order chi connectivity index (χ0) is 18.8. The summed E-state index contributed by atoms with van der Waals surface area (Å²) in [5, 5.41) is 12.3. The highest BCUT2D eigenvalue weighted by molar-refractivity contribution is 9.11. The van der Waals surface area contributed by atoms with Crippen LogP contribution in [0.3, 0.4) is 0 Å². The topological polar surface area (TPSA) is 75.1 Å². The predicted octanol–water partition coefficient (Wildman–Crippen LogP) is 5.59. The first-order valence-electron chi connectivity index (χ1n) is 8.13. The summed E-state index contributed by atoms with van der Waals surface area (Å²) in [7, 11) is 0. The van der Waals surface area contributed by atoms with Crippen molar-refractivity contribution >= 4 is 44.7 Å². The Morgan fingerprint density at radius 2 is 1.92 bits per heavy atom. The number of carbonyl (C=O) groups is 1. The number of aryl methyl sites for hydroxylation is 2. The van der Waals surface area contributed by atoms with Crippen molar-refractivity contribution in [3.8, 4) is 10.7 Å². The number of rotatable bonds is 5. The normalized spacial score (nSPS) is 10.8. The SMILES string of the molecule is CCc1c(C)nc(-c2cc(C)c(Br)s2)nc1Nc1ccc(C(=O)O)cc1. The second-order valence-electron chi connectivity index (χ2n) is 5.89. The molecule has 0 aliphatic rings. The minimum Gasteiger partial charge on any atom is -0.478 e. The Balaban J connectivity index is 2.00. The van der Waals surface area contributed by atoms with Crippen LogP contribution in [0.5, 0.6) is 0 Å². The second-order valence-corrected chi connectivity index (χ2v) is 8.26. The van der Waals surface area contributed by atoms with Crippen molar-refractivity contribution in [2.75, 3.05) is 5.32 Å². The molecule has 0 amide bonds. The first-order valence-corrected chi connectivity index (χ1v) is 9.74. The van der Waals surface area contributed by atoms with Crippen LogP contribution in [-0.2, 0) is 6.42 Å². The number of nitrogens with one attached hydrogen (secondary N) is 1. The second kappa shape index (κ2) is 7.55. The van der Waals surface area contributed by atoms with Crippen molar-refractivity contribution < 1.29 is 9.90 Å². The maximum absolute atomic E-state index is 11.0. The number of nitrogens with zero attached hydrogens (tertiary/aromatic N) is 2. The number of carboxylic acid groups (broad SMARTS) is 1. The molecule has 2 aromatic heterocycles. The van der Waals surface area contributed by atoms with E-state index in [1.54, 1.807) is 35.6 Å². The molecule has 1 aromatic carbocycles. The molecule has 0 spiro atoms. The molecule has 26 heavy (non-hydrogen) atoms. The van der Waals surface area contributed by atoms with E-state index in [4.69, 9.17) is 10.1 Å². The van der Waals surface area contributed by atoms with Crippen LogP contribution in [0.4, 0.5) is 11.5 Å². The zero-order valence-electron chi connectivity index (χ0n) is 14.6. The number of thiophene rings is 1. The highest BCUT2D eigenvalue weighted by atomic mass is 79.9. The molecule has 0 fully saturated rings. The van der Waals surface area contributed by atoms with E-state index in [1.807, 2.05) is 13.8 Å². The quantitative estimate of drug-likeness (QED) is 0.550. The number of aromatic carboxylic acids is 1. The summed E-state index contributed by atoms with van der Waals surface area (Å²) in [6, 6.07) is 8.70. The van der Waals surface area contributed by atoms with Gasteiger partial charge in [0.1, 0.15) is 5.82 Å². The van der Waals surface area contributed by atoms with E-state index in [9.17, 15) is 4.79 Å². The van der Waals surface area contributed by atoms with E-state index in [2.05, 4.69) is 39.2 Å². The van der Waals surface area contributed by atoms with Crippen molar-refractivity contribution in [3.05, 3.63) is 56.5 Å². The molecule has 3 rings (SSSR count). The van der Waals surface area contributed by atoms with Crippen LogP contribution in [0.1, 0.15) is 34.1 Å². The molecular weight excluding hydrogens is 414 g/mol. The highest BCUT2D eigenvalue weighted by Crippen LogP contribution is 2.34. The Morgan fingerprint density at radius 3 is 2.46 bits per heavy atom. The Bertz CT molecular complexity index is 948. The highest BCUT2D eigenvalue weighted by Gasteiger charge is 2.14. The molecule has 0 aliphatic carbocycles. The van der Waals surface area contributed by atoms with Crippen LogP contribution < -0.4 is 5.32 Å². The van der Waals surface area contributed by atoms with Crippen molar-refractivity contribution in [3.63, 3.8) is 0 Å². The van der Waals surface area contributed by atoms with Gasteiger partial charge in [-0.1, -0.05) is 6.92 Å². The van der Waals surface area contributed by atoms with E-state index in [-0.39, 0.29) is 5.56 Å². The lowest BCUT2D eigenvalue weighted by molar-refractivity contribution is 0.0697. The third-order valence-electron chi connectivity index (χ3n) is 4.04. The fourth-order valence-corrected chi connectivity index (χ4v) is 4.10. The van der Waals surface area contributed by atoms with Gasteiger partial charge in [0.2, 0.25) is 0 Å². The van der Waals surface area contributed by atoms with Crippen molar-refractivity contribution in [2.24, 2.45) is 0 Å². The lowest BCUT2D eigenvalue weighted by Crippen LogP contribution is -2.05. The van der Waals surface area contributed by atoms with Crippen LogP contribution >= 0.6 is 27.3 Å². The van der Waals surface area contributed by atoms with Gasteiger partial charge in [-0.25, -0.2) is 14.8 Å². The van der Waals surface area contributed by atoms with Gasteiger partial charge in [0.25, 0.3) is 0 Å². The molecule has 0 saturated carbocycles. The van der Waals surface area contributed by atoms with Crippen LogP contribution in [-0.4, -0.2) is 21.0 Å². The predicted molar refractivity (Wildman–Crippen MR) is 109 cm³/mol. The summed E-state index contributed by atoms with van der Waals surface area (Å²) in [6.07, 6.45) is 0.800. The van der Waals surface area contributed by atoms with Gasteiger partial charge in [-0.3, -0.25) is 0 Å². The van der Waals surface area contributed by atoms with Gasteiger partial charge in [-0.05, 0) is 72.1 Å². The molecule has 7 heteroatoms. The standard InChI is InChI=1S/C19H18BrN3O2S/c1-4-14-11(3)21-18(15-9-10(2)16(20)26-15)23-17(14)22-13-7-5-12(6-8-13)19(24)25/h5-9H,4H2,1-3H3,(H,24,25)(H,21,22,23). The van der Waals surface area contributed by atoms with E-state index in [1.165, 1.54) is 0 Å². The lowest BCUT2D eigenvalue weighted by Gasteiger charge is -2.13. The zero-order valence-corrected chi connectivity index (χ0v) is 17.0. The summed E-state index contributed by atoms with van der Waals surface area (Å²) in [5.74, 6) is 0.494. The summed E-state index contributed by atoms with van der Waals surface area (Å²) < 4.78 is 1.08. The van der Waals surface area contributed by atoms with E-state index >= 15 is 0 Å². The van der Waals surface area contributed by atoms with Crippen LogP contribution in [0, 0.1) is 13.8 Å². The van der Waals surface area contributed by atoms with E-state index < -0.39 is 5.97 Å². The number of hydrogen-bond donors (Lipinski definition) is 2. The van der Waals surface area contributed by atoms with Gasteiger partial charge in [0.15, 0.2) is 5.82 Å². The number of hydrogen-bond acceptors (Lipinski definition) is 5. The third kappa shape index (κ3) is 3.78. The van der Waals surface area contributed by atoms with E-state index in [0.29, 0.717) is 5.82 Å². The summed E-state index contributed by atoms with van der Waals surface area (Å²) in [6.45, 7) is 6.09. The molecular formula is C19H18BrN3O2S. The van der Waals surface area contributed by atoms with Crippen molar-refractivity contribution in [1.82, 2.24) is 9.97 Å². The van der Waals surface area contributed by atoms with E-state index in [0.717, 1.165) is 43.4 Å². The van der Waals surface area contributed by atoms with Crippen LogP contribution in [0.25, 0.3) is 10.7 Å². The molecule has 0 saturated heterocycles. The molecule has 0 atom stereocenters. The van der Waals surface area contributed by atoms with Crippen molar-refractivity contribution in [2.45, 2.75) is 27.2 Å². The van der Waals surface area contributed by atoms with Crippen LogP contribution in [0.15, 0.2) is 34.1 Å². The van der Waals surface area contributed by atoms with Crippen LogP contribution in [0.2, 0.25) is 0 Å². The Morgan fingerprint density at radius 1 is 1.23 bits per heavy atom. The van der Waals surface area contributed by atoms with Crippen molar-refractivity contribution in [1.29, 1.82) is 0 Å². The smallest absolute Gasteiger partial charge is 0.335 e. The average molecular weight is 432 g/mol. The maximum atomic E-state index is 11.0. The number of benzene rings is 1. The first kappa shape index (κ1) is 18.5. The van der Waals surface area contributed by atoms with Gasteiger partial charge in [0, 0.05) is 16.9 Å². The average Bonchev–Trinajstić information content (AvgIpc) is 2.94. The van der Waals surface area contributed by atoms with Gasteiger partial charge < -0.3 is 10.4 Å². The molecule has 134 valence electrons. The lowest BCUT2D eigenvalue weighted by atomic mass is 10.1.